The number of nitrogens with zero attached hydrogens (tertiary/aromatic N) is 1. The molecule has 3 unspecified atom stereocenters. The van der Waals surface area contributed by atoms with Gasteiger partial charge in [-0.1, -0.05) is 32.9 Å². The number of likely N-dealkylation sites (tertiary alicyclic amines) is 1. The van der Waals surface area contributed by atoms with E-state index in [1.165, 1.54) is 18.2 Å². The summed E-state index contributed by atoms with van der Waals surface area (Å²) in [4.78, 5) is 25.1. The van der Waals surface area contributed by atoms with E-state index in [4.69, 9.17) is 0 Å². The molecule has 1 aromatic rings. The van der Waals surface area contributed by atoms with E-state index in [1.54, 1.807) is 20.8 Å². The number of aliphatic hydroxyl groups is 1. The maximum Gasteiger partial charge on any atom is 0.573 e. The molecule has 3 N–H and O–H groups in total. The monoisotopic (exact) mass is 404 g/mol. The molecule has 0 aromatic heterocycles. The van der Waals surface area contributed by atoms with Crippen molar-refractivity contribution in [1.29, 1.82) is 0 Å². The van der Waals surface area contributed by atoms with Gasteiger partial charge in [-0.25, -0.2) is 4.79 Å². The van der Waals surface area contributed by atoms with Gasteiger partial charge in [0.2, 0.25) is 0 Å². The van der Waals surface area contributed by atoms with Crippen LogP contribution in [-0.4, -0.2) is 58.2 Å². The van der Waals surface area contributed by atoms with Gasteiger partial charge in [0.1, 0.15) is 5.75 Å². The summed E-state index contributed by atoms with van der Waals surface area (Å²) in [6.45, 7) is 5.34. The second-order valence-corrected chi connectivity index (χ2v) is 7.69. The molecule has 2 rings (SSSR count). The Hall–Kier alpha value is -2.49. The first-order valence-electron chi connectivity index (χ1n) is 8.64. The number of nitrogens with one attached hydrogen (secondary N) is 1. The number of halogens is 3. The number of amides is 2. The highest BCUT2D eigenvalue weighted by Gasteiger charge is 2.46. The van der Waals surface area contributed by atoms with Crippen molar-refractivity contribution < 1.29 is 37.7 Å². The van der Waals surface area contributed by atoms with Crippen LogP contribution in [0.1, 0.15) is 37.6 Å². The summed E-state index contributed by atoms with van der Waals surface area (Å²) >= 11 is 0. The quantitative estimate of drug-likeness (QED) is 0.720. The van der Waals surface area contributed by atoms with Gasteiger partial charge in [-0.3, -0.25) is 4.79 Å². The predicted molar refractivity (Wildman–Crippen MR) is 93.0 cm³/mol. The summed E-state index contributed by atoms with van der Waals surface area (Å²) in [6, 6.07) is 3.25. The van der Waals surface area contributed by atoms with Crippen LogP contribution in [0.2, 0.25) is 0 Å². The van der Waals surface area contributed by atoms with Crippen molar-refractivity contribution in [2.75, 3.05) is 6.54 Å². The Bertz CT molecular complexity index is 733. The molecule has 0 radical (unpaired) electrons. The van der Waals surface area contributed by atoms with Gasteiger partial charge >= 0.3 is 12.5 Å². The highest BCUT2D eigenvalue weighted by Crippen LogP contribution is 2.33. The fourth-order valence-electron chi connectivity index (χ4n) is 3.46. The number of benzene rings is 1. The van der Waals surface area contributed by atoms with Crippen LogP contribution in [0.3, 0.4) is 0 Å². The molecule has 28 heavy (non-hydrogen) atoms. The molecule has 1 fully saturated rings. The fraction of sp³-hybridized carbons (Fsp3) is 0.556. The molecular formula is C18H23F3N2O5. The second-order valence-electron chi connectivity index (χ2n) is 7.69. The van der Waals surface area contributed by atoms with Crippen molar-refractivity contribution in [1.82, 2.24) is 10.2 Å². The molecule has 1 heterocycles. The Morgan fingerprint density at radius 2 is 1.82 bits per heavy atom. The molecule has 10 heteroatoms. The van der Waals surface area contributed by atoms with Gasteiger partial charge in [0, 0.05) is 6.54 Å². The lowest BCUT2D eigenvalue weighted by Gasteiger charge is -2.47. The van der Waals surface area contributed by atoms with Gasteiger partial charge in [0.15, 0.2) is 0 Å². The summed E-state index contributed by atoms with van der Waals surface area (Å²) in [6.07, 6.45) is -7.26. The number of hydrogen-bond donors (Lipinski definition) is 3. The molecule has 156 valence electrons. The maximum atomic E-state index is 12.6. The highest BCUT2D eigenvalue weighted by molar-refractivity contribution is 5.97. The van der Waals surface area contributed by atoms with Crippen molar-refractivity contribution in [2.45, 2.75) is 51.7 Å². The number of alkyl halides is 3. The highest BCUT2D eigenvalue weighted by atomic mass is 19.4. The average Bonchev–Trinajstić information content (AvgIpc) is 2.54. The van der Waals surface area contributed by atoms with Crippen LogP contribution in [0.15, 0.2) is 24.3 Å². The van der Waals surface area contributed by atoms with Crippen molar-refractivity contribution in [3.05, 3.63) is 29.8 Å². The van der Waals surface area contributed by atoms with Crippen molar-refractivity contribution in [3.8, 4) is 5.75 Å². The van der Waals surface area contributed by atoms with Crippen molar-refractivity contribution >= 4 is 12.0 Å². The second kappa shape index (κ2) is 7.86. The first kappa shape index (κ1) is 21.8. The fourth-order valence-corrected chi connectivity index (χ4v) is 3.46. The van der Waals surface area contributed by atoms with E-state index >= 15 is 0 Å². The number of carboxylic acid groups (broad SMARTS) is 1. The van der Waals surface area contributed by atoms with Gasteiger partial charge < -0.3 is 25.2 Å². The van der Waals surface area contributed by atoms with Crippen LogP contribution in [0.5, 0.6) is 5.75 Å². The summed E-state index contributed by atoms with van der Waals surface area (Å²) in [5, 5.41) is 22.6. The number of aliphatic hydroxyl groups excluding tert-OH is 1. The third-order valence-electron chi connectivity index (χ3n) is 4.56. The summed E-state index contributed by atoms with van der Waals surface area (Å²) in [5.41, 5.74) is -0.960. The smallest absolute Gasteiger partial charge is 0.465 e. The van der Waals surface area contributed by atoms with Gasteiger partial charge in [-0.05, 0) is 24.0 Å². The number of ether oxygens (including phenoxy) is 1. The van der Waals surface area contributed by atoms with Gasteiger partial charge in [0.05, 0.1) is 23.8 Å². The zero-order valence-electron chi connectivity index (χ0n) is 15.7. The van der Waals surface area contributed by atoms with E-state index in [2.05, 4.69) is 10.1 Å². The molecule has 1 saturated heterocycles. The zero-order chi connectivity index (χ0) is 21.3. The molecule has 1 aliphatic rings. The van der Waals surface area contributed by atoms with E-state index in [-0.39, 0.29) is 18.5 Å². The molecule has 7 nitrogen and oxygen atoms in total. The molecule has 0 aliphatic carbocycles. The third-order valence-corrected chi connectivity index (χ3v) is 4.56. The Morgan fingerprint density at radius 3 is 2.36 bits per heavy atom. The number of carbonyl (C=O) groups is 2. The Kier molecular flexibility index (Phi) is 6.12. The molecule has 0 bridgehead atoms. The van der Waals surface area contributed by atoms with Gasteiger partial charge in [0.25, 0.3) is 5.91 Å². The van der Waals surface area contributed by atoms with Crippen LogP contribution < -0.4 is 10.1 Å². The lowest BCUT2D eigenvalue weighted by molar-refractivity contribution is -0.274. The van der Waals surface area contributed by atoms with Crippen LogP contribution in [0, 0.1) is 5.41 Å². The Labute approximate surface area is 160 Å². The minimum absolute atomic E-state index is 0.0694. The topological polar surface area (TPSA) is 99.1 Å². The first-order chi connectivity index (χ1) is 12.8. The third kappa shape index (κ3) is 5.06. The normalized spacial score (nSPS) is 23.2. The van der Waals surface area contributed by atoms with Crippen LogP contribution in [-0.2, 0) is 0 Å². The number of para-hydroxylation sites is 1. The van der Waals surface area contributed by atoms with Crippen molar-refractivity contribution in [3.63, 3.8) is 0 Å². The van der Waals surface area contributed by atoms with Crippen LogP contribution in [0.25, 0.3) is 0 Å². The number of rotatable bonds is 3. The minimum Gasteiger partial charge on any atom is -0.465 e. The minimum atomic E-state index is -4.96. The summed E-state index contributed by atoms with van der Waals surface area (Å²) < 4.78 is 41.5. The summed E-state index contributed by atoms with van der Waals surface area (Å²) in [5.74, 6) is -1.50. The van der Waals surface area contributed by atoms with E-state index in [9.17, 15) is 33.0 Å². The number of carbonyl (C=O) groups excluding carboxylic acids is 1. The predicted octanol–water partition coefficient (Wildman–Crippen LogP) is 2.84. The molecular weight excluding hydrogens is 381 g/mol. The number of piperidine rings is 1. The molecule has 2 amide bonds. The van der Waals surface area contributed by atoms with Crippen molar-refractivity contribution in [2.24, 2.45) is 5.41 Å². The molecule has 0 saturated carbocycles. The lowest BCUT2D eigenvalue weighted by Crippen LogP contribution is -2.64. The van der Waals surface area contributed by atoms with Crippen LogP contribution in [0.4, 0.5) is 18.0 Å². The number of hydrogen-bond acceptors (Lipinski definition) is 4. The van der Waals surface area contributed by atoms with Gasteiger partial charge in [-0.2, -0.15) is 0 Å². The molecule has 0 spiro atoms. The Morgan fingerprint density at radius 1 is 1.21 bits per heavy atom. The largest absolute Gasteiger partial charge is 0.573 e. The lowest BCUT2D eigenvalue weighted by atomic mass is 9.77. The molecule has 3 atom stereocenters. The van der Waals surface area contributed by atoms with E-state index in [0.717, 1.165) is 11.0 Å². The standard InChI is InChI=1S/C18H23F3N2O5/c1-17(2,3)14-13(24)11(8-9-23(14)16(26)27)22-15(25)10-6-4-5-7-12(10)28-18(19,20)21/h4-7,11,13-14,24H,8-9H2,1-3H3,(H,22,25)(H,26,27). The summed E-state index contributed by atoms with van der Waals surface area (Å²) in [7, 11) is 0. The Balaban J connectivity index is 2.22. The average molecular weight is 404 g/mol. The van der Waals surface area contributed by atoms with Gasteiger partial charge in [-0.15, -0.1) is 13.2 Å². The maximum absolute atomic E-state index is 12.6. The first-order valence-corrected chi connectivity index (χ1v) is 8.64. The SMILES string of the molecule is CC(C)(C)C1C(O)C(NC(=O)c2ccccc2OC(F)(F)F)CCN1C(=O)O. The van der Waals surface area contributed by atoms with Crippen LogP contribution >= 0.6 is 0 Å². The van der Waals surface area contributed by atoms with E-state index in [1.807, 2.05) is 0 Å². The van der Waals surface area contributed by atoms with E-state index in [0.29, 0.717) is 0 Å². The molecule has 1 aromatic carbocycles. The molecule has 1 aliphatic heterocycles. The zero-order valence-corrected chi connectivity index (χ0v) is 15.7. The van der Waals surface area contributed by atoms with E-state index < -0.39 is 47.7 Å².